The molecule has 31 heavy (non-hydrogen) atoms. The zero-order valence-electron chi connectivity index (χ0n) is 16.6. The number of halogens is 3. The van der Waals surface area contributed by atoms with Gasteiger partial charge in [0.25, 0.3) is 0 Å². The van der Waals surface area contributed by atoms with Crippen molar-refractivity contribution in [1.82, 2.24) is 14.9 Å². The van der Waals surface area contributed by atoms with E-state index in [4.69, 9.17) is 5.73 Å². The molecular weight excluding hydrogens is 409 g/mol. The number of nitrogens with one attached hydrogen (secondary N) is 1. The van der Waals surface area contributed by atoms with Gasteiger partial charge >= 0.3 is 0 Å². The molecule has 3 aromatic rings. The van der Waals surface area contributed by atoms with Crippen LogP contribution in [0.5, 0.6) is 0 Å². The van der Waals surface area contributed by atoms with Crippen LogP contribution < -0.4 is 5.73 Å². The number of aliphatic hydroxyl groups is 1. The molecule has 2 aromatic heterocycles. The van der Waals surface area contributed by atoms with Gasteiger partial charge in [0.2, 0.25) is 5.91 Å². The predicted molar refractivity (Wildman–Crippen MR) is 107 cm³/mol. The second kappa shape index (κ2) is 6.80. The fourth-order valence-electron chi connectivity index (χ4n) is 4.42. The Balaban J connectivity index is 1.46. The Bertz CT molecular complexity index is 1170. The number of likely N-dealkylation sites (tertiary alicyclic amines) is 1. The molecule has 0 radical (unpaired) electrons. The number of fused-ring (bicyclic) bond motifs is 1. The molecule has 1 aliphatic heterocycles. The summed E-state index contributed by atoms with van der Waals surface area (Å²) in [6.45, 7) is 0.322. The summed E-state index contributed by atoms with van der Waals surface area (Å²) in [5, 5.41) is 11.2. The van der Waals surface area contributed by atoms with Crippen LogP contribution in [0.1, 0.15) is 31.2 Å². The second-order valence-corrected chi connectivity index (χ2v) is 8.51. The highest BCUT2D eigenvalue weighted by molar-refractivity contribution is 5.93. The average Bonchev–Trinajstić information content (AvgIpc) is 3.38. The van der Waals surface area contributed by atoms with Gasteiger partial charge in [-0.25, -0.2) is 18.2 Å². The third-order valence-electron chi connectivity index (χ3n) is 6.44. The van der Waals surface area contributed by atoms with Crippen molar-refractivity contribution in [3.63, 3.8) is 0 Å². The maximum atomic E-state index is 15.1. The minimum Gasteiger partial charge on any atom is -0.385 e. The fraction of sp³-hybridized carbons (Fsp3) is 0.364. The van der Waals surface area contributed by atoms with E-state index in [2.05, 4.69) is 9.97 Å². The minimum atomic E-state index is -1.75. The van der Waals surface area contributed by atoms with E-state index in [9.17, 15) is 14.3 Å². The van der Waals surface area contributed by atoms with Crippen molar-refractivity contribution >= 4 is 16.9 Å². The number of hydrogen-bond donors (Lipinski definition) is 3. The van der Waals surface area contributed by atoms with E-state index in [0.717, 1.165) is 18.3 Å². The smallest absolute Gasteiger partial charge is 0.242 e. The van der Waals surface area contributed by atoms with Crippen LogP contribution in [-0.4, -0.2) is 44.5 Å². The van der Waals surface area contributed by atoms with E-state index in [0.29, 0.717) is 12.8 Å². The summed E-state index contributed by atoms with van der Waals surface area (Å²) in [5.41, 5.74) is 3.65. The Hall–Kier alpha value is -2.91. The molecule has 1 saturated carbocycles. The third-order valence-corrected chi connectivity index (χ3v) is 6.44. The number of pyridine rings is 1. The van der Waals surface area contributed by atoms with Crippen LogP contribution in [-0.2, 0) is 10.4 Å². The number of H-pyrrole nitrogens is 1. The summed E-state index contributed by atoms with van der Waals surface area (Å²) >= 11 is 0. The van der Waals surface area contributed by atoms with Gasteiger partial charge < -0.3 is 20.7 Å². The molecule has 162 valence electrons. The lowest BCUT2D eigenvalue weighted by Crippen LogP contribution is -2.52. The van der Waals surface area contributed by atoms with Crippen LogP contribution in [0.4, 0.5) is 13.2 Å². The zero-order chi connectivity index (χ0) is 22.0. The molecule has 1 saturated heterocycles. The van der Waals surface area contributed by atoms with Gasteiger partial charge in [-0.05, 0) is 55.0 Å². The molecule has 1 aromatic carbocycles. The predicted octanol–water partition coefficient (Wildman–Crippen LogP) is 2.95. The Kier molecular flexibility index (Phi) is 4.39. The van der Waals surface area contributed by atoms with Gasteiger partial charge in [0, 0.05) is 25.5 Å². The molecule has 0 unspecified atom stereocenters. The summed E-state index contributed by atoms with van der Waals surface area (Å²) in [4.78, 5) is 20.6. The summed E-state index contributed by atoms with van der Waals surface area (Å²) in [5.74, 6) is -2.60. The van der Waals surface area contributed by atoms with E-state index >= 15 is 8.78 Å². The molecule has 2 fully saturated rings. The van der Waals surface area contributed by atoms with Crippen molar-refractivity contribution < 1.29 is 23.1 Å². The highest BCUT2D eigenvalue weighted by atomic mass is 19.1. The highest BCUT2D eigenvalue weighted by Crippen LogP contribution is 2.41. The number of carbonyl (C=O) groups excluding carboxylic acids is 1. The SMILES string of the molecule is NC1(C(=O)N2CCC(O)(c3c(F)cc(-c4ccnc5[nH]cc(F)c45)cc3F)CC2)CC1. The van der Waals surface area contributed by atoms with E-state index in [1.54, 1.807) is 4.90 Å². The van der Waals surface area contributed by atoms with Gasteiger partial charge in [-0.3, -0.25) is 4.79 Å². The van der Waals surface area contributed by atoms with E-state index in [1.807, 2.05) is 0 Å². The van der Waals surface area contributed by atoms with Crippen LogP contribution in [0.3, 0.4) is 0 Å². The van der Waals surface area contributed by atoms with Gasteiger partial charge in [-0.1, -0.05) is 0 Å². The largest absolute Gasteiger partial charge is 0.385 e. The van der Waals surface area contributed by atoms with Gasteiger partial charge in [0.1, 0.15) is 17.3 Å². The van der Waals surface area contributed by atoms with Crippen molar-refractivity contribution in [2.45, 2.75) is 36.8 Å². The van der Waals surface area contributed by atoms with Crippen LogP contribution in [0, 0.1) is 17.5 Å². The number of hydrogen-bond acceptors (Lipinski definition) is 4. The van der Waals surface area contributed by atoms with Gasteiger partial charge in [0.15, 0.2) is 5.82 Å². The number of benzene rings is 1. The zero-order valence-corrected chi connectivity index (χ0v) is 16.6. The molecule has 0 bridgehead atoms. The Labute approximate surface area is 175 Å². The Morgan fingerprint density at radius 3 is 2.35 bits per heavy atom. The fourth-order valence-corrected chi connectivity index (χ4v) is 4.42. The summed E-state index contributed by atoms with van der Waals surface area (Å²) < 4.78 is 44.4. The normalized spacial score (nSPS) is 19.6. The third kappa shape index (κ3) is 3.19. The first-order valence-electron chi connectivity index (χ1n) is 10.1. The first-order chi connectivity index (χ1) is 14.7. The minimum absolute atomic E-state index is 0.00600. The second-order valence-electron chi connectivity index (χ2n) is 8.51. The number of rotatable bonds is 3. The number of piperidine rings is 1. The Morgan fingerprint density at radius 1 is 1.10 bits per heavy atom. The highest BCUT2D eigenvalue weighted by Gasteiger charge is 2.50. The topological polar surface area (TPSA) is 95.2 Å². The van der Waals surface area contributed by atoms with Crippen molar-refractivity contribution in [2.24, 2.45) is 5.73 Å². The lowest BCUT2D eigenvalue weighted by Gasteiger charge is -2.39. The standard InChI is InChI=1S/C22H21F3N4O2/c23-14-9-12(13-1-6-27-19-17(13)16(25)11-28-19)10-15(24)18(14)22(31)4-7-29(8-5-22)20(30)21(26)2-3-21/h1,6,9-11,31H,2-5,7-8,26H2,(H,27,28). The van der Waals surface area contributed by atoms with E-state index in [1.165, 1.54) is 12.3 Å². The van der Waals surface area contributed by atoms with Gasteiger partial charge in [-0.15, -0.1) is 0 Å². The van der Waals surface area contributed by atoms with Crippen LogP contribution in [0.2, 0.25) is 0 Å². The van der Waals surface area contributed by atoms with Crippen LogP contribution in [0.15, 0.2) is 30.6 Å². The molecule has 5 rings (SSSR count). The molecule has 0 atom stereocenters. The first kappa shape index (κ1) is 20.0. The van der Waals surface area contributed by atoms with E-state index < -0.39 is 34.2 Å². The van der Waals surface area contributed by atoms with Crippen molar-refractivity contribution in [1.29, 1.82) is 0 Å². The Morgan fingerprint density at radius 2 is 1.74 bits per heavy atom. The first-order valence-corrected chi connectivity index (χ1v) is 10.1. The van der Waals surface area contributed by atoms with E-state index in [-0.39, 0.29) is 54.0 Å². The summed E-state index contributed by atoms with van der Waals surface area (Å²) in [7, 11) is 0. The molecule has 4 N–H and O–H groups in total. The lowest BCUT2D eigenvalue weighted by atomic mass is 9.82. The van der Waals surface area contributed by atoms with Crippen molar-refractivity contribution in [3.8, 4) is 11.1 Å². The molecule has 9 heteroatoms. The molecule has 3 heterocycles. The molecule has 2 aliphatic rings. The quantitative estimate of drug-likeness (QED) is 0.596. The summed E-state index contributed by atoms with van der Waals surface area (Å²) in [6.07, 6.45) is 3.79. The molecule has 1 amide bonds. The molecular formula is C22H21F3N4O2. The van der Waals surface area contributed by atoms with Crippen molar-refractivity contribution in [2.75, 3.05) is 13.1 Å². The maximum absolute atomic E-state index is 15.1. The van der Waals surface area contributed by atoms with Crippen LogP contribution >= 0.6 is 0 Å². The number of carbonyl (C=O) groups is 1. The monoisotopic (exact) mass is 430 g/mol. The lowest BCUT2D eigenvalue weighted by molar-refractivity contribution is -0.138. The number of aromatic nitrogens is 2. The maximum Gasteiger partial charge on any atom is 0.242 e. The summed E-state index contributed by atoms with van der Waals surface area (Å²) in [6, 6.07) is 3.66. The number of amides is 1. The van der Waals surface area contributed by atoms with Gasteiger partial charge in [0.05, 0.1) is 22.1 Å². The number of nitrogens with two attached hydrogens (primary N) is 1. The van der Waals surface area contributed by atoms with Crippen molar-refractivity contribution in [3.05, 3.63) is 53.6 Å². The van der Waals surface area contributed by atoms with Crippen LogP contribution in [0.25, 0.3) is 22.2 Å². The van der Waals surface area contributed by atoms with Gasteiger partial charge in [-0.2, -0.15) is 0 Å². The molecule has 0 spiro atoms. The average molecular weight is 430 g/mol. The molecule has 6 nitrogen and oxygen atoms in total. The molecule has 1 aliphatic carbocycles. The number of aromatic amines is 1. The number of nitrogens with zero attached hydrogens (tertiary/aromatic N) is 2.